The van der Waals surface area contributed by atoms with E-state index in [9.17, 15) is 43.7 Å². The fourth-order valence-corrected chi connectivity index (χ4v) is 7.96. The number of azo groups is 1. The Hall–Kier alpha value is -4.53. The number of likely N-dealkylation sites (N-methyl/N-ethyl adjacent to an activating group) is 1. The first kappa shape index (κ1) is 36.7. The Morgan fingerprint density at radius 1 is 0.920 bits per heavy atom. The summed E-state index contributed by atoms with van der Waals surface area (Å²) < 4.78 is 106. The van der Waals surface area contributed by atoms with E-state index in [2.05, 4.69) is 26.1 Å². The van der Waals surface area contributed by atoms with E-state index in [0.717, 1.165) is 13.0 Å². The Bertz CT molecular complexity index is 2360. The smallest absolute Gasteiger partial charge is 0.296 e. The van der Waals surface area contributed by atoms with Crippen LogP contribution in [0.25, 0.3) is 4.91 Å². The molecule has 3 aliphatic carbocycles. The number of hydrazone groups is 1. The number of anilines is 1. The molecular weight excluding hydrogens is 715 g/mol. The van der Waals surface area contributed by atoms with Crippen LogP contribution in [-0.4, -0.2) is 69.3 Å². The van der Waals surface area contributed by atoms with E-state index in [1.54, 1.807) is 39.1 Å². The van der Waals surface area contributed by atoms with Crippen molar-refractivity contribution in [2.24, 2.45) is 20.7 Å². The molecule has 3 aliphatic rings. The summed E-state index contributed by atoms with van der Waals surface area (Å²) in [6, 6.07) is 7.16. The van der Waals surface area contributed by atoms with Crippen molar-refractivity contribution in [3.8, 4) is 5.75 Å². The SMILES string of the molecule is CNC1=CCC2(C)C(=O)C(=NNc3cc(C)c(N=Nc4ccc5c(c4)C(S(=O)(=O)O)=CC(C)(S(=O)(=O)O)C5)cc3OC)C(S(=O)(=O)O)=CC2=C1. The first-order valence-electron chi connectivity index (χ1n) is 14.7. The average molecular weight is 748 g/mol. The van der Waals surface area contributed by atoms with Crippen LogP contribution in [0.2, 0.25) is 0 Å². The number of carbonyl (C=O) groups is 1. The summed E-state index contributed by atoms with van der Waals surface area (Å²) in [5, 5.41) is 15.4. The number of fused-ring (bicyclic) bond motifs is 2. The van der Waals surface area contributed by atoms with Crippen LogP contribution in [0.5, 0.6) is 5.75 Å². The molecule has 5 N–H and O–H groups in total. The quantitative estimate of drug-likeness (QED) is 0.136. The number of carbonyl (C=O) groups excluding carboxylic acids is 1. The summed E-state index contributed by atoms with van der Waals surface area (Å²) in [5.74, 6) is -0.467. The zero-order valence-electron chi connectivity index (χ0n) is 27.3. The Morgan fingerprint density at radius 2 is 1.60 bits per heavy atom. The van der Waals surface area contributed by atoms with Crippen LogP contribution < -0.4 is 15.5 Å². The molecule has 16 nitrogen and oxygen atoms in total. The van der Waals surface area contributed by atoms with Crippen LogP contribution in [0.3, 0.4) is 0 Å². The molecule has 5 rings (SSSR count). The van der Waals surface area contributed by atoms with Gasteiger partial charge in [-0.25, -0.2) is 0 Å². The van der Waals surface area contributed by atoms with Crippen LogP contribution >= 0.6 is 0 Å². The van der Waals surface area contributed by atoms with Crippen molar-refractivity contribution in [2.45, 2.75) is 38.4 Å². The molecule has 0 saturated heterocycles. The van der Waals surface area contributed by atoms with Crippen molar-refractivity contribution < 1.29 is 48.4 Å². The Morgan fingerprint density at radius 3 is 2.20 bits per heavy atom. The highest BCUT2D eigenvalue weighted by molar-refractivity contribution is 7.95. The second-order valence-electron chi connectivity index (χ2n) is 12.3. The largest absolute Gasteiger partial charge is 0.494 e. The standard InChI is InChI=1S/C31H33N5O11S3/c1-17-10-24(35-36-28-26(48(38,39)40)12-19-11-20(32-4)8-9-31(19,3)29(28)37)25(47-5)14-23(17)34-33-21-7-6-18-15-30(2,50(44,45)46)16-27(22(18)13-21)49(41,42)43/h6-8,10-14,16,32,35H,9,15H2,1-5H3,(H,38,39,40)(H,41,42,43)(H,44,45,46). The van der Waals surface area contributed by atoms with Crippen LogP contribution in [0.15, 0.2) is 86.1 Å². The molecule has 266 valence electrons. The third-order valence-electron chi connectivity index (χ3n) is 8.76. The molecule has 19 heteroatoms. The Labute approximate surface area is 288 Å². The number of benzene rings is 2. The van der Waals surface area contributed by atoms with Crippen molar-refractivity contribution in [1.82, 2.24) is 5.32 Å². The average Bonchev–Trinajstić information content (AvgIpc) is 3.02. The van der Waals surface area contributed by atoms with Gasteiger partial charge in [-0.15, -0.1) is 0 Å². The number of ether oxygens (including phenoxy) is 1. The van der Waals surface area contributed by atoms with Gasteiger partial charge in [-0.05, 0) is 86.7 Å². The summed E-state index contributed by atoms with van der Waals surface area (Å²) in [7, 11) is -11.5. The molecule has 2 aromatic rings. The molecule has 50 heavy (non-hydrogen) atoms. The molecule has 2 unspecified atom stereocenters. The predicted octanol–water partition coefficient (Wildman–Crippen LogP) is 4.41. The fraction of sp³-hybridized carbons (Fsp3) is 0.290. The van der Waals surface area contributed by atoms with Crippen molar-refractivity contribution in [3.05, 3.63) is 87.5 Å². The lowest BCUT2D eigenvalue weighted by Crippen LogP contribution is -2.42. The first-order valence-corrected chi connectivity index (χ1v) is 19.0. The molecule has 0 fully saturated rings. The highest BCUT2D eigenvalue weighted by Crippen LogP contribution is 2.44. The van der Waals surface area contributed by atoms with Gasteiger partial charge in [0.2, 0.25) is 0 Å². The summed E-state index contributed by atoms with van der Waals surface area (Å²) >= 11 is 0. The molecule has 0 aliphatic heterocycles. The number of methoxy groups -OCH3 is 1. The van der Waals surface area contributed by atoms with E-state index >= 15 is 0 Å². The van der Waals surface area contributed by atoms with Gasteiger partial charge in [-0.1, -0.05) is 12.1 Å². The summed E-state index contributed by atoms with van der Waals surface area (Å²) in [6.07, 6.45) is 5.41. The number of ketones is 1. The molecule has 2 aromatic carbocycles. The third-order valence-corrected chi connectivity index (χ3v) is 12.0. The second kappa shape index (κ2) is 12.7. The third kappa shape index (κ3) is 6.79. The van der Waals surface area contributed by atoms with Crippen LogP contribution in [0.1, 0.15) is 37.0 Å². The van der Waals surface area contributed by atoms with Crippen molar-refractivity contribution in [3.63, 3.8) is 0 Å². The Balaban J connectivity index is 1.48. The number of aryl methyl sites for hydroxylation is 1. The van der Waals surface area contributed by atoms with Crippen molar-refractivity contribution in [1.29, 1.82) is 0 Å². The maximum absolute atomic E-state index is 13.7. The lowest BCUT2D eigenvalue weighted by atomic mass is 9.68. The van der Waals surface area contributed by atoms with Crippen LogP contribution in [-0.2, 0) is 41.6 Å². The van der Waals surface area contributed by atoms with Gasteiger partial charge < -0.3 is 10.1 Å². The number of hydrogen-bond donors (Lipinski definition) is 5. The molecule has 0 saturated carbocycles. The fourth-order valence-electron chi connectivity index (χ4n) is 5.74. The zero-order chi connectivity index (χ0) is 37.0. The van der Waals surface area contributed by atoms with E-state index in [0.29, 0.717) is 16.8 Å². The van der Waals surface area contributed by atoms with E-state index in [1.165, 1.54) is 37.5 Å². The minimum atomic E-state index is -4.92. The number of allylic oxidation sites excluding steroid dienone is 5. The van der Waals surface area contributed by atoms with Gasteiger partial charge in [0.15, 0.2) is 5.78 Å². The van der Waals surface area contributed by atoms with Gasteiger partial charge in [-0.2, -0.15) is 40.6 Å². The maximum atomic E-state index is 13.7. The number of nitrogens with zero attached hydrogens (tertiary/aromatic N) is 3. The van der Waals surface area contributed by atoms with Crippen molar-refractivity contribution in [2.75, 3.05) is 19.6 Å². The second-order valence-corrected chi connectivity index (χ2v) is 16.9. The van der Waals surface area contributed by atoms with Gasteiger partial charge in [0.1, 0.15) is 21.1 Å². The summed E-state index contributed by atoms with van der Waals surface area (Å²) in [4.78, 5) is 12.3. The van der Waals surface area contributed by atoms with E-state index in [-0.39, 0.29) is 46.8 Å². The van der Waals surface area contributed by atoms with Gasteiger partial charge in [0.05, 0.1) is 34.5 Å². The minimum absolute atomic E-state index is 0.0169. The van der Waals surface area contributed by atoms with Crippen LogP contribution in [0, 0.1) is 12.3 Å². The molecule has 0 heterocycles. The molecule has 0 radical (unpaired) electrons. The number of nitrogens with one attached hydrogen (secondary N) is 2. The summed E-state index contributed by atoms with van der Waals surface area (Å²) in [6.45, 7) is 4.44. The topological polar surface area (TPSA) is 251 Å². The highest BCUT2D eigenvalue weighted by atomic mass is 32.2. The maximum Gasteiger partial charge on any atom is 0.296 e. The summed E-state index contributed by atoms with van der Waals surface area (Å²) in [5.41, 5.74) is 3.46. The van der Waals surface area contributed by atoms with Gasteiger partial charge >= 0.3 is 0 Å². The molecule has 0 aromatic heterocycles. The van der Waals surface area contributed by atoms with E-state index in [4.69, 9.17) is 4.74 Å². The highest BCUT2D eigenvalue weighted by Gasteiger charge is 2.47. The normalized spacial score (nSPS) is 23.4. The first-order chi connectivity index (χ1) is 23.1. The molecule has 0 bridgehead atoms. The molecule has 2 atom stereocenters. The van der Waals surface area contributed by atoms with Crippen molar-refractivity contribution >= 4 is 63.8 Å². The lowest BCUT2D eigenvalue weighted by molar-refractivity contribution is -0.119. The molecule has 0 spiro atoms. The van der Waals surface area contributed by atoms with Crippen LogP contribution in [0.4, 0.5) is 17.1 Å². The van der Waals surface area contributed by atoms with Gasteiger partial charge in [0, 0.05) is 24.4 Å². The van der Waals surface area contributed by atoms with Gasteiger partial charge in [-0.3, -0.25) is 23.9 Å². The number of Topliss-reactive ketones (excluding diaryl/α,β-unsaturated/α-hetero) is 1. The number of hydrogen-bond acceptors (Lipinski definition) is 13. The minimum Gasteiger partial charge on any atom is -0.494 e. The monoisotopic (exact) mass is 747 g/mol. The van der Waals surface area contributed by atoms with E-state index in [1.807, 2.05) is 0 Å². The molecular formula is C31H33N5O11S3. The predicted molar refractivity (Wildman–Crippen MR) is 185 cm³/mol. The van der Waals surface area contributed by atoms with Gasteiger partial charge in [0.25, 0.3) is 30.4 Å². The number of rotatable bonds is 9. The van der Waals surface area contributed by atoms with E-state index < -0.39 is 61.8 Å². The zero-order valence-corrected chi connectivity index (χ0v) is 29.7. The lowest BCUT2D eigenvalue weighted by Gasteiger charge is -2.35. The Kier molecular flexibility index (Phi) is 9.30. The molecule has 0 amide bonds.